The van der Waals surface area contributed by atoms with Crippen molar-refractivity contribution in [1.82, 2.24) is 15.1 Å². The third kappa shape index (κ3) is 5.22. The van der Waals surface area contributed by atoms with Gasteiger partial charge < -0.3 is 20.7 Å². The summed E-state index contributed by atoms with van der Waals surface area (Å²) in [6.45, 7) is 6.59. The van der Waals surface area contributed by atoms with E-state index in [0.29, 0.717) is 34.6 Å². The number of halogens is 1. The van der Waals surface area contributed by atoms with Crippen molar-refractivity contribution in [3.63, 3.8) is 0 Å². The largest absolute Gasteiger partial charge is 0.444 e. The number of ether oxygens (including phenoxy) is 1. The zero-order valence-corrected chi connectivity index (χ0v) is 19.5. The highest BCUT2D eigenvalue weighted by Crippen LogP contribution is 2.38. The quantitative estimate of drug-likeness (QED) is 0.583. The molecule has 3 aromatic rings. The van der Waals surface area contributed by atoms with Gasteiger partial charge in [0.2, 0.25) is 0 Å². The molecule has 1 aromatic carbocycles. The number of likely N-dealkylation sites (tertiary alicyclic amines) is 1. The maximum Gasteiger partial charge on any atom is 0.410 e. The van der Waals surface area contributed by atoms with Crippen LogP contribution in [0.5, 0.6) is 0 Å². The summed E-state index contributed by atoms with van der Waals surface area (Å²) in [4.78, 5) is 26.9. The highest BCUT2D eigenvalue weighted by Gasteiger charge is 2.28. The van der Waals surface area contributed by atoms with Gasteiger partial charge in [0.25, 0.3) is 5.91 Å². The van der Waals surface area contributed by atoms with Crippen molar-refractivity contribution in [3.05, 3.63) is 41.8 Å². The van der Waals surface area contributed by atoms with Crippen LogP contribution in [0.1, 0.15) is 44.1 Å². The first kappa shape index (κ1) is 22.9. The minimum absolute atomic E-state index is 0.0688. The summed E-state index contributed by atoms with van der Waals surface area (Å²) < 4.78 is 19.8. The molecule has 2 aromatic heterocycles. The van der Waals surface area contributed by atoms with Gasteiger partial charge in [-0.1, -0.05) is 12.1 Å². The molecule has 0 aliphatic carbocycles. The first-order valence-electron chi connectivity index (χ1n) is 10.7. The minimum Gasteiger partial charge on any atom is -0.444 e. The van der Waals surface area contributed by atoms with E-state index in [2.05, 4.69) is 15.5 Å². The van der Waals surface area contributed by atoms with Gasteiger partial charge in [0.15, 0.2) is 11.5 Å². The maximum absolute atomic E-state index is 13.8. The fraction of sp³-hybridized carbons (Fsp3) is 0.391. The average molecular weight is 472 g/mol. The van der Waals surface area contributed by atoms with Crippen LogP contribution in [0.25, 0.3) is 20.5 Å². The van der Waals surface area contributed by atoms with Crippen LogP contribution in [0.2, 0.25) is 0 Å². The Labute approximate surface area is 194 Å². The number of anilines is 1. The molecule has 2 amide bonds. The molecule has 0 radical (unpaired) electrons. The topological polar surface area (TPSA) is 110 Å². The molecule has 1 unspecified atom stereocenters. The van der Waals surface area contributed by atoms with Gasteiger partial charge >= 0.3 is 6.09 Å². The first-order chi connectivity index (χ1) is 15.6. The maximum atomic E-state index is 13.8. The molecule has 0 spiro atoms. The Kier molecular flexibility index (Phi) is 6.20. The molecular weight excluding hydrogens is 445 g/mol. The van der Waals surface area contributed by atoms with Crippen LogP contribution in [-0.4, -0.2) is 51.8 Å². The van der Waals surface area contributed by atoms with Crippen molar-refractivity contribution in [3.8, 4) is 10.4 Å². The third-order valence-electron chi connectivity index (χ3n) is 5.21. The number of nitrogens with two attached hydrogens (primary N) is 1. The van der Waals surface area contributed by atoms with Crippen LogP contribution >= 0.6 is 11.3 Å². The van der Waals surface area contributed by atoms with Crippen LogP contribution < -0.4 is 11.1 Å². The number of amides is 2. The molecule has 10 heteroatoms. The van der Waals surface area contributed by atoms with E-state index in [1.165, 1.54) is 23.5 Å². The number of hydrogen-bond acceptors (Lipinski definition) is 7. The molecule has 1 aliphatic rings. The molecular formula is C23H26FN5O3S. The molecule has 1 atom stereocenters. The summed E-state index contributed by atoms with van der Waals surface area (Å²) in [6.07, 6.45) is 1.30. The first-order valence-corrected chi connectivity index (χ1v) is 11.5. The number of primary amides is 1. The highest BCUT2D eigenvalue weighted by molar-refractivity contribution is 7.22. The Morgan fingerprint density at radius 2 is 2.06 bits per heavy atom. The van der Waals surface area contributed by atoms with E-state index in [1.54, 1.807) is 17.0 Å². The standard InChI is InChI=1S/C23H26FN5O3S/c1-23(2,3)32-22(31)29-9-5-8-15(12-29)26-21-16-11-17(13-6-4-7-14(24)10-13)33-19(16)18(20(25)30)27-28-21/h4,6-7,10-11,15H,5,8-9,12H2,1-3H3,(H2,25,30)(H,26,28). The number of piperidine rings is 1. The Hall–Kier alpha value is -3.27. The van der Waals surface area contributed by atoms with Gasteiger partial charge in [0.1, 0.15) is 11.4 Å². The number of carbonyl (C=O) groups excluding carboxylic acids is 2. The van der Waals surface area contributed by atoms with E-state index < -0.39 is 11.5 Å². The summed E-state index contributed by atoms with van der Waals surface area (Å²) in [6, 6.07) is 8.02. The smallest absolute Gasteiger partial charge is 0.410 e. The fourth-order valence-corrected chi connectivity index (χ4v) is 4.92. The second kappa shape index (κ2) is 8.93. The van der Waals surface area contributed by atoms with Gasteiger partial charge in [-0.3, -0.25) is 4.79 Å². The molecule has 3 heterocycles. The van der Waals surface area contributed by atoms with Gasteiger partial charge in [-0.25, -0.2) is 9.18 Å². The van der Waals surface area contributed by atoms with Gasteiger partial charge in [-0.2, -0.15) is 0 Å². The number of thiophene rings is 1. The molecule has 1 aliphatic heterocycles. The number of benzene rings is 1. The monoisotopic (exact) mass is 471 g/mol. The second-order valence-corrected chi connectivity index (χ2v) is 10.1. The van der Waals surface area contributed by atoms with Crippen LogP contribution in [0, 0.1) is 5.82 Å². The van der Waals surface area contributed by atoms with E-state index in [-0.39, 0.29) is 23.6 Å². The van der Waals surface area contributed by atoms with Crippen molar-refractivity contribution in [2.75, 3.05) is 18.4 Å². The number of hydrogen-bond donors (Lipinski definition) is 2. The minimum atomic E-state index is -0.680. The molecule has 3 N–H and O–H groups in total. The highest BCUT2D eigenvalue weighted by atomic mass is 32.1. The van der Waals surface area contributed by atoms with E-state index in [4.69, 9.17) is 10.5 Å². The van der Waals surface area contributed by atoms with Crippen molar-refractivity contribution >= 4 is 39.2 Å². The molecule has 1 saturated heterocycles. The SMILES string of the molecule is CC(C)(C)OC(=O)N1CCCC(Nc2nnc(C(N)=O)c3sc(-c4cccc(F)c4)cc23)C1. The molecule has 1 fully saturated rings. The summed E-state index contributed by atoms with van der Waals surface area (Å²) >= 11 is 1.31. The van der Waals surface area contributed by atoms with Gasteiger partial charge in [0, 0.05) is 29.4 Å². The van der Waals surface area contributed by atoms with Gasteiger partial charge in [-0.05, 0) is 57.4 Å². The molecule has 174 valence electrons. The Morgan fingerprint density at radius 1 is 1.27 bits per heavy atom. The average Bonchev–Trinajstić information content (AvgIpc) is 3.18. The van der Waals surface area contributed by atoms with E-state index in [0.717, 1.165) is 17.7 Å². The summed E-state index contributed by atoms with van der Waals surface area (Å²) in [7, 11) is 0. The Bertz CT molecular complexity index is 1210. The number of carbonyl (C=O) groups is 2. The molecule has 8 nitrogen and oxygen atoms in total. The number of aromatic nitrogens is 2. The summed E-state index contributed by atoms with van der Waals surface area (Å²) in [5.74, 6) is -0.537. The van der Waals surface area contributed by atoms with Gasteiger partial charge in [0.05, 0.1) is 4.70 Å². The number of rotatable bonds is 4. The van der Waals surface area contributed by atoms with Crippen LogP contribution in [0.4, 0.5) is 15.0 Å². The lowest BCUT2D eigenvalue weighted by molar-refractivity contribution is 0.0206. The third-order valence-corrected chi connectivity index (χ3v) is 6.40. The number of nitrogens with one attached hydrogen (secondary N) is 1. The van der Waals surface area contributed by atoms with Crippen molar-refractivity contribution < 1.29 is 18.7 Å². The lowest BCUT2D eigenvalue weighted by Gasteiger charge is -2.34. The van der Waals surface area contributed by atoms with Crippen molar-refractivity contribution in [2.45, 2.75) is 45.3 Å². The summed E-state index contributed by atoms with van der Waals surface area (Å²) in [5, 5.41) is 12.3. The number of nitrogens with zero attached hydrogens (tertiary/aromatic N) is 3. The predicted octanol–water partition coefficient (Wildman–Crippen LogP) is 4.41. The van der Waals surface area contributed by atoms with Gasteiger partial charge in [-0.15, -0.1) is 21.5 Å². The summed E-state index contributed by atoms with van der Waals surface area (Å²) in [5.41, 5.74) is 5.71. The zero-order chi connectivity index (χ0) is 23.8. The fourth-order valence-electron chi connectivity index (χ4n) is 3.77. The van der Waals surface area contributed by atoms with Crippen LogP contribution in [-0.2, 0) is 4.74 Å². The zero-order valence-electron chi connectivity index (χ0n) is 18.7. The van der Waals surface area contributed by atoms with Crippen LogP contribution in [0.3, 0.4) is 0 Å². The lowest BCUT2D eigenvalue weighted by atomic mass is 10.1. The number of fused-ring (bicyclic) bond motifs is 1. The van der Waals surface area contributed by atoms with E-state index >= 15 is 0 Å². The molecule has 33 heavy (non-hydrogen) atoms. The van der Waals surface area contributed by atoms with E-state index in [1.807, 2.05) is 26.8 Å². The predicted molar refractivity (Wildman–Crippen MR) is 126 cm³/mol. The second-order valence-electron chi connectivity index (χ2n) is 9.04. The molecule has 0 bridgehead atoms. The normalized spacial score (nSPS) is 16.6. The molecule has 0 saturated carbocycles. The van der Waals surface area contributed by atoms with Crippen LogP contribution in [0.15, 0.2) is 30.3 Å². The Balaban J connectivity index is 1.63. The van der Waals surface area contributed by atoms with E-state index in [9.17, 15) is 14.0 Å². The molecule has 4 rings (SSSR count). The van der Waals surface area contributed by atoms with Crippen molar-refractivity contribution in [2.24, 2.45) is 5.73 Å². The Morgan fingerprint density at radius 3 is 2.76 bits per heavy atom. The van der Waals surface area contributed by atoms with Crippen molar-refractivity contribution in [1.29, 1.82) is 0 Å². The lowest BCUT2D eigenvalue weighted by Crippen LogP contribution is -2.47.